The van der Waals surface area contributed by atoms with Gasteiger partial charge in [0.2, 0.25) is 0 Å². The molecule has 0 aliphatic heterocycles. The number of nitrogens with one attached hydrogen (secondary N) is 1. The molecular formula is C45H61N3O7. The highest BCUT2D eigenvalue weighted by molar-refractivity contribution is 5.70. The molecule has 0 amide bonds. The zero-order valence-electron chi connectivity index (χ0n) is 32.1. The van der Waals surface area contributed by atoms with Crippen molar-refractivity contribution in [1.29, 1.82) is 0 Å². The number of carbonyl (C=O) groups is 1. The van der Waals surface area contributed by atoms with Crippen LogP contribution >= 0.6 is 0 Å². The zero-order chi connectivity index (χ0) is 39.1. The molecule has 10 heteroatoms. The number of hydrogen-bond acceptors (Lipinski definition) is 8. The van der Waals surface area contributed by atoms with E-state index in [-0.39, 0.29) is 47.7 Å². The number of aliphatic hydroxyl groups is 3. The minimum absolute atomic E-state index is 0.0419. The van der Waals surface area contributed by atoms with Crippen molar-refractivity contribution in [2.45, 2.75) is 115 Å². The topological polar surface area (TPSA) is 193 Å². The molecule has 2 heterocycles. The molecule has 1 fully saturated rings. The molecule has 55 heavy (non-hydrogen) atoms. The highest BCUT2D eigenvalue weighted by atomic mass is 16.4. The first-order chi connectivity index (χ1) is 26.4. The number of H-pyrrole nitrogens is 1. The number of nitrogens with zero attached hydrogens (tertiary/aromatic N) is 1. The first kappa shape index (κ1) is 40.5. The standard InChI is InChI=1S/C45H61N3O7/c1-2-3-5-8-28-11-12-30(41(51)20-28)9-6-4-7-10-38(44(53)54)43(52)31-13-15-39-32(19-29-17-18-47-42(46)21-29)22-34(45(39,55)27-31)25-35-14-16-40(48-35)33-23-36(49)26-37(50)24-33/h11-18,21,23-24,26,28,30-32,34,38-39,41,43,48-52,55H,2-10,19-20,22,25,27H2,1H3,(H2,46,47)(H,53,54). The van der Waals surface area contributed by atoms with E-state index >= 15 is 0 Å². The molecule has 298 valence electrons. The SMILES string of the molecule is CCCCCC1C=CC(CCCCCC(C(=O)O)C(O)C2C=CC3C(Cc4ccnc(N)c4)CC(Cc4ccc(-c5cc(O)cc(O)c5)[nH]4)C3(O)C2)C(O)C1. The van der Waals surface area contributed by atoms with Gasteiger partial charge in [0.05, 0.1) is 23.7 Å². The van der Waals surface area contributed by atoms with Crippen LogP contribution in [-0.2, 0) is 17.6 Å². The number of nitrogens with two attached hydrogens (primary N) is 1. The summed E-state index contributed by atoms with van der Waals surface area (Å²) in [4.78, 5) is 20.1. The molecule has 3 aliphatic rings. The van der Waals surface area contributed by atoms with Crippen molar-refractivity contribution in [2.24, 2.45) is 41.4 Å². The quantitative estimate of drug-likeness (QED) is 0.0478. The Labute approximate surface area is 325 Å². The van der Waals surface area contributed by atoms with E-state index in [9.17, 15) is 35.4 Å². The fraction of sp³-hybridized carbons (Fsp3) is 0.556. The number of phenolic OH excluding ortho intramolecular Hbond substituents is 2. The summed E-state index contributed by atoms with van der Waals surface area (Å²) in [6.45, 7) is 2.20. The summed E-state index contributed by atoms with van der Waals surface area (Å²) < 4.78 is 0. The van der Waals surface area contributed by atoms with Crippen molar-refractivity contribution in [3.8, 4) is 22.8 Å². The molecule has 10 atom stereocenters. The van der Waals surface area contributed by atoms with Crippen molar-refractivity contribution >= 4 is 11.8 Å². The number of hydrogen-bond donors (Lipinski definition) is 8. The molecule has 0 saturated heterocycles. The van der Waals surface area contributed by atoms with Gasteiger partial charge in [-0.25, -0.2) is 4.98 Å². The molecule has 3 aromatic rings. The van der Waals surface area contributed by atoms with Crippen molar-refractivity contribution in [1.82, 2.24) is 9.97 Å². The van der Waals surface area contributed by atoms with Gasteiger partial charge in [0, 0.05) is 47.0 Å². The molecule has 1 saturated carbocycles. The number of benzene rings is 1. The molecule has 9 N–H and O–H groups in total. The van der Waals surface area contributed by atoms with Crippen molar-refractivity contribution in [3.05, 3.63) is 84.2 Å². The van der Waals surface area contributed by atoms with Crippen molar-refractivity contribution in [3.63, 3.8) is 0 Å². The summed E-state index contributed by atoms with van der Waals surface area (Å²) in [6.07, 6.45) is 20.0. The summed E-state index contributed by atoms with van der Waals surface area (Å²) in [6, 6.07) is 12.1. The number of aromatic amines is 1. The summed E-state index contributed by atoms with van der Waals surface area (Å²) in [5.74, 6) is -1.86. The number of anilines is 1. The van der Waals surface area contributed by atoms with E-state index in [0.29, 0.717) is 49.4 Å². The van der Waals surface area contributed by atoms with Crippen molar-refractivity contribution in [2.75, 3.05) is 5.73 Å². The molecule has 10 unspecified atom stereocenters. The molecular weight excluding hydrogens is 695 g/mol. The van der Waals surface area contributed by atoms with Crippen LogP contribution in [0.4, 0.5) is 5.82 Å². The molecule has 1 aromatic carbocycles. The summed E-state index contributed by atoms with van der Waals surface area (Å²) in [5, 5.41) is 65.5. The minimum atomic E-state index is -1.19. The lowest BCUT2D eigenvalue weighted by Crippen LogP contribution is -2.48. The molecule has 10 nitrogen and oxygen atoms in total. The smallest absolute Gasteiger partial charge is 0.309 e. The maximum absolute atomic E-state index is 12.7. The van der Waals surface area contributed by atoms with Gasteiger partial charge in [0.25, 0.3) is 0 Å². The Kier molecular flexibility index (Phi) is 13.4. The zero-order valence-corrected chi connectivity index (χ0v) is 32.1. The van der Waals surface area contributed by atoms with E-state index in [1.165, 1.54) is 25.3 Å². The van der Waals surface area contributed by atoms with E-state index in [1.807, 2.05) is 36.4 Å². The summed E-state index contributed by atoms with van der Waals surface area (Å²) in [7, 11) is 0. The van der Waals surface area contributed by atoms with Crippen molar-refractivity contribution < 1.29 is 35.4 Å². The largest absolute Gasteiger partial charge is 0.508 e. The number of allylic oxidation sites excluding steroid dienone is 1. The lowest BCUT2D eigenvalue weighted by atomic mass is 9.68. The maximum Gasteiger partial charge on any atom is 0.309 e. The minimum Gasteiger partial charge on any atom is -0.508 e. The van der Waals surface area contributed by atoms with Crippen LogP contribution in [0.25, 0.3) is 11.3 Å². The highest BCUT2D eigenvalue weighted by Gasteiger charge is 2.55. The van der Waals surface area contributed by atoms with E-state index in [4.69, 9.17) is 5.73 Å². The van der Waals surface area contributed by atoms with Gasteiger partial charge in [-0.3, -0.25) is 4.79 Å². The van der Waals surface area contributed by atoms with Gasteiger partial charge in [-0.1, -0.05) is 69.8 Å². The second kappa shape index (κ2) is 18.2. The number of aromatic hydroxyl groups is 2. The second-order valence-corrected chi connectivity index (χ2v) is 16.8. The maximum atomic E-state index is 12.7. The van der Waals surface area contributed by atoms with Crippen LogP contribution in [-0.4, -0.2) is 64.4 Å². The Morgan fingerprint density at radius 3 is 2.45 bits per heavy atom. The Hall–Kier alpha value is -4.12. The number of unbranched alkanes of at least 4 members (excludes halogenated alkanes) is 4. The predicted molar refractivity (Wildman–Crippen MR) is 214 cm³/mol. The molecule has 6 rings (SSSR count). The van der Waals surface area contributed by atoms with Gasteiger partial charge in [-0.05, 0) is 111 Å². The van der Waals surface area contributed by atoms with Crippen LogP contribution in [0.3, 0.4) is 0 Å². The highest BCUT2D eigenvalue weighted by Crippen LogP contribution is 2.54. The van der Waals surface area contributed by atoms with Gasteiger partial charge < -0.3 is 41.4 Å². The fourth-order valence-corrected chi connectivity index (χ4v) is 9.91. The number of fused-ring (bicyclic) bond motifs is 1. The molecule has 0 spiro atoms. The lowest BCUT2D eigenvalue weighted by Gasteiger charge is -2.42. The number of aromatic nitrogens is 2. The number of carboxylic acid groups (broad SMARTS) is 1. The summed E-state index contributed by atoms with van der Waals surface area (Å²) >= 11 is 0. The second-order valence-electron chi connectivity index (χ2n) is 16.8. The van der Waals surface area contributed by atoms with E-state index in [2.05, 4.69) is 29.0 Å². The Balaban J connectivity index is 1.10. The molecule has 0 radical (unpaired) electrons. The number of phenols is 2. The summed E-state index contributed by atoms with van der Waals surface area (Å²) in [5.41, 5.74) is 8.11. The number of pyridine rings is 1. The number of nitrogen functional groups attached to an aromatic ring is 1. The molecule has 0 bridgehead atoms. The third-order valence-corrected chi connectivity index (χ3v) is 12.8. The lowest BCUT2D eigenvalue weighted by molar-refractivity contribution is -0.148. The van der Waals surface area contributed by atoms with E-state index in [1.54, 1.807) is 18.3 Å². The normalized spacial score (nSPS) is 28.5. The van der Waals surface area contributed by atoms with E-state index in [0.717, 1.165) is 49.1 Å². The fourth-order valence-electron chi connectivity index (χ4n) is 9.91. The van der Waals surface area contributed by atoms with Crippen LogP contribution in [0.1, 0.15) is 95.2 Å². The monoisotopic (exact) mass is 755 g/mol. The number of aliphatic hydroxyl groups excluding tert-OH is 2. The average Bonchev–Trinajstić information content (AvgIpc) is 3.71. The first-order valence-electron chi connectivity index (χ1n) is 20.5. The van der Waals surface area contributed by atoms with Gasteiger partial charge in [-0.2, -0.15) is 0 Å². The van der Waals surface area contributed by atoms with Crippen LogP contribution in [0.2, 0.25) is 0 Å². The Morgan fingerprint density at radius 2 is 1.73 bits per heavy atom. The number of rotatable bonds is 18. The number of aliphatic carboxylic acids is 1. The van der Waals surface area contributed by atoms with Crippen LogP contribution in [0, 0.1) is 41.4 Å². The van der Waals surface area contributed by atoms with Gasteiger partial charge in [0.1, 0.15) is 17.3 Å². The van der Waals surface area contributed by atoms with Gasteiger partial charge in [-0.15, -0.1) is 0 Å². The molecule has 3 aliphatic carbocycles. The van der Waals surface area contributed by atoms with Crippen LogP contribution in [0.15, 0.2) is 73.0 Å². The first-order valence-corrected chi connectivity index (χ1v) is 20.5. The van der Waals surface area contributed by atoms with E-state index < -0.39 is 29.5 Å². The average molecular weight is 756 g/mol. The molecule has 2 aromatic heterocycles. The third kappa shape index (κ3) is 10.0. The third-order valence-electron chi connectivity index (χ3n) is 12.8. The van der Waals surface area contributed by atoms with Crippen LogP contribution < -0.4 is 5.73 Å². The van der Waals surface area contributed by atoms with Gasteiger partial charge >= 0.3 is 5.97 Å². The Bertz CT molecular complexity index is 1770. The number of carboxylic acids is 1. The Morgan fingerprint density at radius 1 is 0.945 bits per heavy atom. The predicted octanol–water partition coefficient (Wildman–Crippen LogP) is 7.56. The van der Waals surface area contributed by atoms with Gasteiger partial charge in [0.15, 0.2) is 0 Å². The van der Waals surface area contributed by atoms with Crippen LogP contribution in [0.5, 0.6) is 11.5 Å².